The third-order valence-corrected chi connectivity index (χ3v) is 6.33. The van der Waals surface area contributed by atoms with Crippen LogP contribution >= 0.6 is 11.3 Å². The summed E-state index contributed by atoms with van der Waals surface area (Å²) >= 11 is 1.50. The van der Waals surface area contributed by atoms with Crippen molar-refractivity contribution in [2.24, 2.45) is 0 Å². The second kappa shape index (κ2) is 9.49. The molecule has 160 valence electrons. The molecule has 8 heteroatoms. The summed E-state index contributed by atoms with van der Waals surface area (Å²) in [5.41, 5.74) is 1.30. The summed E-state index contributed by atoms with van der Waals surface area (Å²) in [6.45, 7) is 5.49. The summed E-state index contributed by atoms with van der Waals surface area (Å²) < 4.78 is 15.6. The fourth-order valence-corrected chi connectivity index (χ4v) is 4.24. The van der Waals surface area contributed by atoms with E-state index in [-0.39, 0.29) is 36.8 Å². The number of nitrogens with zero attached hydrogens (tertiary/aromatic N) is 4. The number of rotatable bonds is 8. The van der Waals surface area contributed by atoms with Gasteiger partial charge in [-0.1, -0.05) is 18.2 Å². The molecule has 0 aliphatic carbocycles. The first kappa shape index (κ1) is 22.1. The predicted molar refractivity (Wildman–Crippen MR) is 118 cm³/mol. The molecule has 3 aromatic rings. The number of likely N-dealkylation sites (N-methyl/N-ethyl adjacent to an activating group) is 1. The van der Waals surface area contributed by atoms with Crippen LogP contribution in [0.4, 0.5) is 4.39 Å². The first-order valence-electron chi connectivity index (χ1n) is 9.89. The van der Waals surface area contributed by atoms with Gasteiger partial charge in [0.05, 0.1) is 11.7 Å². The smallest absolute Gasteiger partial charge is 0.262 e. The number of fused-ring (bicyclic) bond motifs is 1. The van der Waals surface area contributed by atoms with Crippen LogP contribution in [-0.4, -0.2) is 52.4 Å². The van der Waals surface area contributed by atoms with Gasteiger partial charge >= 0.3 is 0 Å². The Morgan fingerprint density at radius 2 is 1.93 bits per heavy atom. The molecule has 0 atom stereocenters. The van der Waals surface area contributed by atoms with Crippen LogP contribution in [-0.2, 0) is 17.9 Å². The molecule has 0 bridgehead atoms. The number of benzene rings is 1. The first-order chi connectivity index (χ1) is 14.3. The maximum absolute atomic E-state index is 14.1. The van der Waals surface area contributed by atoms with Crippen LogP contribution in [0.1, 0.15) is 22.4 Å². The van der Waals surface area contributed by atoms with Gasteiger partial charge in [-0.05, 0) is 39.6 Å². The van der Waals surface area contributed by atoms with Gasteiger partial charge in [0.25, 0.3) is 5.56 Å². The normalized spacial score (nSPS) is 11.4. The van der Waals surface area contributed by atoms with Gasteiger partial charge in [0.2, 0.25) is 5.91 Å². The van der Waals surface area contributed by atoms with Crippen molar-refractivity contribution in [3.05, 3.63) is 62.8 Å². The zero-order valence-electron chi connectivity index (χ0n) is 17.8. The molecule has 0 aliphatic rings. The monoisotopic (exact) mass is 430 g/mol. The third kappa shape index (κ3) is 4.94. The molecular formula is C22H27FN4O2S. The SMILES string of the molecule is Cc1sc2ncn(CCC(=O)N(CCN(C)C)Cc3ccccc3F)c(=O)c2c1C. The van der Waals surface area contributed by atoms with Crippen molar-refractivity contribution in [3.8, 4) is 0 Å². The van der Waals surface area contributed by atoms with Crippen LogP contribution in [0.15, 0.2) is 35.4 Å². The van der Waals surface area contributed by atoms with E-state index < -0.39 is 0 Å². The summed E-state index contributed by atoms with van der Waals surface area (Å²) in [4.78, 5) is 35.6. The second-order valence-corrected chi connectivity index (χ2v) is 8.87. The molecule has 30 heavy (non-hydrogen) atoms. The average molecular weight is 431 g/mol. The summed E-state index contributed by atoms with van der Waals surface area (Å²) in [5.74, 6) is -0.445. The lowest BCUT2D eigenvalue weighted by atomic mass is 10.2. The van der Waals surface area contributed by atoms with Crippen molar-refractivity contribution in [2.75, 3.05) is 27.2 Å². The molecule has 0 radical (unpaired) electrons. The Bertz CT molecular complexity index is 1110. The number of carbonyl (C=O) groups excluding carboxylic acids is 1. The summed E-state index contributed by atoms with van der Waals surface area (Å²) in [5, 5.41) is 0.628. The molecule has 2 heterocycles. The fraction of sp³-hybridized carbons (Fsp3) is 0.409. The summed E-state index contributed by atoms with van der Waals surface area (Å²) in [6.07, 6.45) is 1.66. The zero-order chi connectivity index (χ0) is 21.8. The first-order valence-corrected chi connectivity index (χ1v) is 10.7. The van der Waals surface area contributed by atoms with E-state index in [2.05, 4.69) is 4.98 Å². The maximum atomic E-state index is 14.1. The Morgan fingerprint density at radius 3 is 2.63 bits per heavy atom. The molecule has 0 fully saturated rings. The molecule has 1 amide bonds. The van der Waals surface area contributed by atoms with Gasteiger partial charge in [-0.2, -0.15) is 0 Å². The molecule has 1 aromatic carbocycles. The highest BCUT2D eigenvalue weighted by molar-refractivity contribution is 7.18. The maximum Gasteiger partial charge on any atom is 0.262 e. The Morgan fingerprint density at radius 1 is 1.20 bits per heavy atom. The predicted octanol–water partition coefficient (Wildman–Crippen LogP) is 3.19. The van der Waals surface area contributed by atoms with Crippen LogP contribution in [0.25, 0.3) is 10.2 Å². The molecule has 0 saturated heterocycles. The van der Waals surface area contributed by atoms with Gasteiger partial charge in [0.1, 0.15) is 10.6 Å². The molecule has 3 rings (SSSR count). The molecule has 2 aromatic heterocycles. The molecular weight excluding hydrogens is 403 g/mol. The number of hydrogen-bond donors (Lipinski definition) is 0. The number of aromatic nitrogens is 2. The standard InChI is InChI=1S/C22H27FN4O2S/c1-15-16(2)30-21-20(15)22(29)27(14-24-21)10-9-19(28)26(12-11-25(3)4)13-17-7-5-6-8-18(17)23/h5-8,14H,9-13H2,1-4H3. The summed E-state index contributed by atoms with van der Waals surface area (Å²) in [6, 6.07) is 6.48. The molecule has 0 N–H and O–H groups in total. The number of halogens is 1. The van der Waals surface area contributed by atoms with Crippen molar-refractivity contribution >= 4 is 27.5 Å². The lowest BCUT2D eigenvalue weighted by molar-refractivity contribution is -0.132. The Hall–Kier alpha value is -2.58. The Kier molecular flexibility index (Phi) is 6.99. The van der Waals surface area contributed by atoms with E-state index in [9.17, 15) is 14.0 Å². The third-order valence-electron chi connectivity index (χ3n) is 5.21. The lowest BCUT2D eigenvalue weighted by Crippen LogP contribution is -2.37. The largest absolute Gasteiger partial charge is 0.337 e. The van der Waals surface area contributed by atoms with Gasteiger partial charge in [-0.15, -0.1) is 11.3 Å². The van der Waals surface area contributed by atoms with E-state index in [0.29, 0.717) is 24.0 Å². The number of hydrogen-bond acceptors (Lipinski definition) is 5. The molecule has 0 aliphatic heterocycles. The molecule has 0 unspecified atom stereocenters. The van der Waals surface area contributed by atoms with E-state index in [1.54, 1.807) is 23.1 Å². The minimum absolute atomic E-state index is 0.120. The van der Waals surface area contributed by atoms with Gasteiger partial charge in [-0.3, -0.25) is 14.2 Å². The average Bonchev–Trinajstić information content (AvgIpc) is 3.00. The molecule has 0 spiro atoms. The van der Waals surface area contributed by atoms with Crippen LogP contribution in [0.3, 0.4) is 0 Å². The van der Waals surface area contributed by atoms with Gasteiger partial charge in [0, 0.05) is 43.0 Å². The van der Waals surface area contributed by atoms with Gasteiger partial charge in [0.15, 0.2) is 0 Å². The van der Waals surface area contributed by atoms with Gasteiger partial charge in [-0.25, -0.2) is 9.37 Å². The highest BCUT2D eigenvalue weighted by atomic mass is 32.1. The van der Waals surface area contributed by atoms with E-state index >= 15 is 0 Å². The zero-order valence-corrected chi connectivity index (χ0v) is 18.6. The van der Waals surface area contributed by atoms with Crippen molar-refractivity contribution in [1.29, 1.82) is 0 Å². The number of aryl methyl sites for hydroxylation is 3. The second-order valence-electron chi connectivity index (χ2n) is 7.67. The highest BCUT2D eigenvalue weighted by Crippen LogP contribution is 2.25. The fourth-order valence-electron chi connectivity index (χ4n) is 3.25. The van der Waals surface area contributed by atoms with Crippen molar-refractivity contribution in [1.82, 2.24) is 19.4 Å². The van der Waals surface area contributed by atoms with E-state index in [0.717, 1.165) is 15.3 Å². The number of amides is 1. The molecule has 6 nitrogen and oxygen atoms in total. The topological polar surface area (TPSA) is 58.4 Å². The highest BCUT2D eigenvalue weighted by Gasteiger charge is 2.17. The van der Waals surface area contributed by atoms with Crippen LogP contribution in [0, 0.1) is 19.7 Å². The van der Waals surface area contributed by atoms with E-state index in [1.165, 1.54) is 28.3 Å². The molecule has 0 saturated carbocycles. The minimum atomic E-state index is -0.325. The van der Waals surface area contributed by atoms with Crippen molar-refractivity contribution in [3.63, 3.8) is 0 Å². The van der Waals surface area contributed by atoms with Crippen molar-refractivity contribution < 1.29 is 9.18 Å². The quantitative estimate of drug-likeness (QED) is 0.551. The number of carbonyl (C=O) groups is 1. The van der Waals surface area contributed by atoms with E-state index in [1.807, 2.05) is 32.8 Å². The minimum Gasteiger partial charge on any atom is -0.337 e. The van der Waals surface area contributed by atoms with Crippen LogP contribution < -0.4 is 5.56 Å². The van der Waals surface area contributed by atoms with E-state index in [4.69, 9.17) is 0 Å². The number of thiophene rings is 1. The summed E-state index contributed by atoms with van der Waals surface area (Å²) in [7, 11) is 3.86. The Balaban J connectivity index is 1.76. The van der Waals surface area contributed by atoms with Crippen molar-refractivity contribution in [2.45, 2.75) is 33.4 Å². The van der Waals surface area contributed by atoms with Gasteiger partial charge < -0.3 is 9.80 Å². The van der Waals surface area contributed by atoms with Crippen LogP contribution in [0.5, 0.6) is 0 Å². The lowest BCUT2D eigenvalue weighted by Gasteiger charge is -2.25. The van der Waals surface area contributed by atoms with Crippen LogP contribution in [0.2, 0.25) is 0 Å². The Labute approximate surface area is 179 Å².